The van der Waals surface area contributed by atoms with Crippen molar-refractivity contribution in [2.45, 2.75) is 12.8 Å². The number of hydrogen-bond donors (Lipinski definition) is 2. The Kier molecular flexibility index (Phi) is 4.60. The normalized spacial score (nSPS) is 14.0. The topological polar surface area (TPSA) is 68.8 Å². The van der Waals surface area contributed by atoms with Crippen molar-refractivity contribution < 1.29 is 27.8 Å². The van der Waals surface area contributed by atoms with E-state index in [1.54, 1.807) is 7.11 Å². The highest BCUT2D eigenvalue weighted by Gasteiger charge is 2.43. The highest BCUT2D eigenvalue weighted by molar-refractivity contribution is 5.80. The molecule has 0 aliphatic carbocycles. The summed E-state index contributed by atoms with van der Waals surface area (Å²) < 4.78 is 39.7. The Morgan fingerprint density at radius 3 is 2.76 bits per heavy atom. The van der Waals surface area contributed by atoms with Crippen molar-refractivity contribution >= 4 is 11.6 Å². The van der Waals surface area contributed by atoms with Gasteiger partial charge in [0, 0.05) is 18.3 Å². The fourth-order valence-corrected chi connectivity index (χ4v) is 2.29. The minimum absolute atomic E-state index is 0.0139. The zero-order valence-corrected chi connectivity index (χ0v) is 13.3. The van der Waals surface area contributed by atoms with Gasteiger partial charge in [-0.15, -0.1) is 8.78 Å². The van der Waals surface area contributed by atoms with E-state index in [2.05, 4.69) is 20.1 Å². The van der Waals surface area contributed by atoms with Gasteiger partial charge in [0.05, 0.1) is 13.7 Å². The van der Waals surface area contributed by atoms with Gasteiger partial charge in [0.15, 0.2) is 11.5 Å². The molecule has 0 aromatic heterocycles. The van der Waals surface area contributed by atoms with Gasteiger partial charge in [-0.3, -0.25) is 4.79 Å². The molecule has 0 radical (unpaired) electrons. The van der Waals surface area contributed by atoms with Crippen LogP contribution in [0.15, 0.2) is 42.5 Å². The Morgan fingerprint density at radius 1 is 1.16 bits per heavy atom. The number of methoxy groups -OCH3 is 1. The van der Waals surface area contributed by atoms with E-state index in [4.69, 9.17) is 4.74 Å². The van der Waals surface area contributed by atoms with Crippen molar-refractivity contribution in [3.63, 3.8) is 0 Å². The Morgan fingerprint density at radius 2 is 1.96 bits per heavy atom. The zero-order valence-electron chi connectivity index (χ0n) is 13.3. The number of halogens is 2. The number of alkyl halides is 2. The summed E-state index contributed by atoms with van der Waals surface area (Å²) >= 11 is 0. The molecule has 0 spiro atoms. The molecule has 6 nitrogen and oxygen atoms in total. The van der Waals surface area contributed by atoms with Crippen molar-refractivity contribution in [3.05, 3.63) is 48.0 Å². The van der Waals surface area contributed by atoms with E-state index in [1.165, 1.54) is 18.2 Å². The molecule has 0 saturated carbocycles. The second-order valence-electron chi connectivity index (χ2n) is 5.31. The van der Waals surface area contributed by atoms with E-state index in [-0.39, 0.29) is 24.0 Å². The molecule has 0 bridgehead atoms. The van der Waals surface area contributed by atoms with Crippen molar-refractivity contribution in [2.24, 2.45) is 0 Å². The third-order valence-electron chi connectivity index (χ3n) is 3.48. The molecule has 8 heteroatoms. The fourth-order valence-electron chi connectivity index (χ4n) is 2.29. The SMILES string of the molecule is COc1cccc(CNC(=O)CNc2ccc3c(c2)OC(F)(F)O3)c1. The Labute approximate surface area is 142 Å². The first-order chi connectivity index (χ1) is 11.9. The molecule has 3 rings (SSSR count). The summed E-state index contributed by atoms with van der Waals surface area (Å²) in [4.78, 5) is 11.9. The first-order valence-electron chi connectivity index (χ1n) is 7.48. The first kappa shape index (κ1) is 16.8. The van der Waals surface area contributed by atoms with Crippen LogP contribution in [-0.4, -0.2) is 25.9 Å². The smallest absolute Gasteiger partial charge is 0.497 e. The molecule has 1 aliphatic rings. The maximum Gasteiger partial charge on any atom is 0.586 e. The monoisotopic (exact) mass is 350 g/mol. The van der Waals surface area contributed by atoms with Crippen molar-refractivity contribution in [2.75, 3.05) is 19.0 Å². The second kappa shape index (κ2) is 6.84. The van der Waals surface area contributed by atoms with Gasteiger partial charge in [0.25, 0.3) is 0 Å². The quantitative estimate of drug-likeness (QED) is 0.838. The molecule has 0 atom stereocenters. The van der Waals surface area contributed by atoms with Crippen LogP contribution in [0.5, 0.6) is 17.2 Å². The van der Waals surface area contributed by atoms with E-state index in [1.807, 2.05) is 24.3 Å². The van der Waals surface area contributed by atoms with Crippen molar-refractivity contribution in [1.29, 1.82) is 0 Å². The van der Waals surface area contributed by atoms with Crippen molar-refractivity contribution in [1.82, 2.24) is 5.32 Å². The second-order valence-corrected chi connectivity index (χ2v) is 5.31. The lowest BCUT2D eigenvalue weighted by atomic mass is 10.2. The predicted octanol–water partition coefficient (Wildman–Crippen LogP) is 2.75. The van der Waals surface area contributed by atoms with E-state index < -0.39 is 6.29 Å². The van der Waals surface area contributed by atoms with E-state index in [0.29, 0.717) is 18.0 Å². The number of rotatable bonds is 6. The number of benzene rings is 2. The van der Waals surface area contributed by atoms with Gasteiger partial charge in [-0.25, -0.2) is 0 Å². The predicted molar refractivity (Wildman–Crippen MR) is 86.0 cm³/mol. The maximum absolute atomic E-state index is 13.0. The number of nitrogens with one attached hydrogen (secondary N) is 2. The van der Waals surface area contributed by atoms with Crippen molar-refractivity contribution in [3.8, 4) is 17.2 Å². The van der Waals surface area contributed by atoms with Crippen LogP contribution in [0.25, 0.3) is 0 Å². The Balaban J connectivity index is 1.50. The average molecular weight is 350 g/mol. The summed E-state index contributed by atoms with van der Waals surface area (Å²) in [6, 6.07) is 11.6. The van der Waals surface area contributed by atoms with Crippen LogP contribution in [0.3, 0.4) is 0 Å². The molecular weight excluding hydrogens is 334 g/mol. The van der Waals surface area contributed by atoms with Gasteiger partial charge in [-0.2, -0.15) is 0 Å². The third kappa shape index (κ3) is 4.28. The molecular formula is C17H16F2N2O4. The number of amides is 1. The molecule has 132 valence electrons. The van der Waals surface area contributed by atoms with Crippen LogP contribution < -0.4 is 24.8 Å². The van der Waals surface area contributed by atoms with Gasteiger partial charge in [-0.1, -0.05) is 12.1 Å². The molecule has 2 N–H and O–H groups in total. The summed E-state index contributed by atoms with van der Waals surface area (Å²) in [6.07, 6.45) is -3.66. The molecule has 0 fully saturated rings. The molecule has 1 aliphatic heterocycles. The largest absolute Gasteiger partial charge is 0.586 e. The number of anilines is 1. The zero-order chi connectivity index (χ0) is 17.9. The van der Waals surface area contributed by atoms with Gasteiger partial charge >= 0.3 is 6.29 Å². The number of fused-ring (bicyclic) bond motifs is 1. The van der Waals surface area contributed by atoms with Crippen LogP contribution >= 0.6 is 0 Å². The lowest BCUT2D eigenvalue weighted by Crippen LogP contribution is -2.29. The van der Waals surface area contributed by atoms with E-state index in [0.717, 1.165) is 5.56 Å². The highest BCUT2D eigenvalue weighted by atomic mass is 19.3. The average Bonchev–Trinajstić information content (AvgIpc) is 2.91. The summed E-state index contributed by atoms with van der Waals surface area (Å²) in [5.74, 6) is 0.345. The van der Waals surface area contributed by atoms with Gasteiger partial charge < -0.3 is 24.8 Å². The van der Waals surface area contributed by atoms with Crippen LogP contribution in [-0.2, 0) is 11.3 Å². The summed E-state index contributed by atoms with van der Waals surface area (Å²) in [6.45, 7) is 0.338. The van der Waals surface area contributed by atoms with E-state index >= 15 is 0 Å². The lowest BCUT2D eigenvalue weighted by molar-refractivity contribution is -0.286. The van der Waals surface area contributed by atoms with Crippen LogP contribution in [0.2, 0.25) is 0 Å². The van der Waals surface area contributed by atoms with E-state index in [9.17, 15) is 13.6 Å². The van der Waals surface area contributed by atoms with Gasteiger partial charge in [-0.05, 0) is 29.8 Å². The van der Waals surface area contributed by atoms with Crippen LogP contribution in [0.1, 0.15) is 5.56 Å². The number of carbonyl (C=O) groups excluding carboxylic acids is 1. The lowest BCUT2D eigenvalue weighted by Gasteiger charge is -2.09. The minimum Gasteiger partial charge on any atom is -0.497 e. The molecule has 2 aromatic rings. The minimum atomic E-state index is -3.66. The van der Waals surface area contributed by atoms with Gasteiger partial charge in [0.2, 0.25) is 5.91 Å². The van der Waals surface area contributed by atoms with Crippen LogP contribution in [0, 0.1) is 0 Å². The Bertz CT molecular complexity index is 783. The standard InChI is InChI=1S/C17H16F2N2O4/c1-23-13-4-2-3-11(7-13)9-21-16(22)10-20-12-5-6-14-15(8-12)25-17(18,19)24-14/h2-8,20H,9-10H2,1H3,(H,21,22). The van der Waals surface area contributed by atoms with Gasteiger partial charge in [0.1, 0.15) is 5.75 Å². The first-order valence-corrected chi connectivity index (χ1v) is 7.48. The molecule has 2 aromatic carbocycles. The number of ether oxygens (including phenoxy) is 3. The van der Waals surface area contributed by atoms with Crippen LogP contribution in [0.4, 0.5) is 14.5 Å². The molecule has 0 unspecified atom stereocenters. The molecule has 1 amide bonds. The number of hydrogen-bond acceptors (Lipinski definition) is 5. The Hall–Kier alpha value is -3.03. The summed E-state index contributed by atoms with van der Waals surface area (Å²) in [7, 11) is 1.57. The number of carbonyl (C=O) groups is 1. The summed E-state index contributed by atoms with van der Waals surface area (Å²) in [5.41, 5.74) is 1.37. The summed E-state index contributed by atoms with van der Waals surface area (Å²) in [5, 5.41) is 5.60. The molecule has 25 heavy (non-hydrogen) atoms. The molecule has 0 saturated heterocycles. The fraction of sp³-hybridized carbons (Fsp3) is 0.235. The maximum atomic E-state index is 13.0. The highest BCUT2D eigenvalue weighted by Crippen LogP contribution is 2.42. The molecule has 1 heterocycles. The third-order valence-corrected chi connectivity index (χ3v) is 3.48.